The van der Waals surface area contributed by atoms with E-state index in [2.05, 4.69) is 6.07 Å². The van der Waals surface area contributed by atoms with Crippen LogP contribution in [0.4, 0.5) is 5.69 Å². The van der Waals surface area contributed by atoms with Crippen LogP contribution in [0, 0.1) is 18.3 Å². The van der Waals surface area contributed by atoms with Gasteiger partial charge in [0.05, 0.1) is 18.5 Å². The Morgan fingerprint density at radius 3 is 2.44 bits per heavy atom. The van der Waals surface area contributed by atoms with Crippen LogP contribution in [-0.4, -0.2) is 43.6 Å². The molecule has 0 aromatic heterocycles. The predicted molar refractivity (Wildman–Crippen MR) is 108 cm³/mol. The normalized spacial score (nSPS) is 11.7. The molecule has 0 aliphatic carbocycles. The lowest BCUT2D eigenvalue weighted by Crippen LogP contribution is -2.47. The van der Waals surface area contributed by atoms with E-state index in [-0.39, 0.29) is 11.9 Å². The van der Waals surface area contributed by atoms with E-state index < -0.39 is 0 Å². The Bertz CT molecular complexity index is 771. The van der Waals surface area contributed by atoms with Gasteiger partial charge in [0.2, 0.25) is 5.91 Å². The van der Waals surface area contributed by atoms with Crippen molar-refractivity contribution in [3.05, 3.63) is 60.2 Å². The molecule has 5 nitrogen and oxygen atoms in total. The summed E-state index contributed by atoms with van der Waals surface area (Å²) in [6.45, 7) is 5.42. The van der Waals surface area contributed by atoms with Crippen molar-refractivity contribution in [1.29, 1.82) is 5.26 Å². The lowest BCUT2D eigenvalue weighted by Gasteiger charge is -2.30. The molecule has 2 aromatic carbocycles. The minimum absolute atomic E-state index is 0.0187. The van der Waals surface area contributed by atoms with Crippen LogP contribution < -0.4 is 9.64 Å². The lowest BCUT2D eigenvalue weighted by atomic mass is 10.2. The maximum Gasteiger partial charge on any atom is 0.244 e. The zero-order valence-corrected chi connectivity index (χ0v) is 16.3. The summed E-state index contributed by atoms with van der Waals surface area (Å²) in [6.07, 6.45) is 0.299. The first-order valence-electron chi connectivity index (χ1n) is 9.16. The van der Waals surface area contributed by atoms with Gasteiger partial charge < -0.3 is 9.64 Å². The number of likely N-dealkylation sites (N-methyl/N-ethyl adjacent to an activating group) is 1. The Hall–Kier alpha value is -2.84. The number of benzene rings is 2. The summed E-state index contributed by atoms with van der Waals surface area (Å²) in [5.41, 5.74) is 1.91. The summed E-state index contributed by atoms with van der Waals surface area (Å²) in [5, 5.41) is 8.92. The first kappa shape index (κ1) is 20.5. The highest BCUT2D eigenvalue weighted by Crippen LogP contribution is 2.18. The molecule has 0 aliphatic rings. The smallest absolute Gasteiger partial charge is 0.244 e. The second-order valence-corrected chi connectivity index (χ2v) is 6.50. The molecule has 0 saturated carbocycles. The molecule has 0 radical (unpaired) electrons. The van der Waals surface area contributed by atoms with E-state index in [4.69, 9.17) is 10.00 Å². The van der Waals surface area contributed by atoms with Crippen molar-refractivity contribution in [2.75, 3.05) is 31.6 Å². The zero-order valence-electron chi connectivity index (χ0n) is 16.3. The number of hydrogen-bond acceptors (Lipinski definition) is 4. The molecule has 1 unspecified atom stereocenters. The van der Waals surface area contributed by atoms with E-state index in [0.29, 0.717) is 26.1 Å². The van der Waals surface area contributed by atoms with Crippen molar-refractivity contribution in [3.8, 4) is 11.8 Å². The van der Waals surface area contributed by atoms with Gasteiger partial charge in [-0.1, -0.05) is 36.4 Å². The third kappa shape index (κ3) is 5.83. The summed E-state index contributed by atoms with van der Waals surface area (Å²) in [4.78, 5) is 16.7. The Morgan fingerprint density at radius 2 is 1.78 bits per heavy atom. The maximum atomic E-state index is 13.0. The Balaban J connectivity index is 1.96. The number of rotatable bonds is 9. The molecule has 2 rings (SSSR count). The van der Waals surface area contributed by atoms with Gasteiger partial charge in [-0.3, -0.25) is 9.69 Å². The third-order valence-corrected chi connectivity index (χ3v) is 4.59. The number of ether oxygens (including phenoxy) is 1. The molecular weight excluding hydrogens is 338 g/mol. The number of nitriles is 1. The van der Waals surface area contributed by atoms with Gasteiger partial charge in [0.15, 0.2) is 0 Å². The van der Waals surface area contributed by atoms with E-state index in [0.717, 1.165) is 17.0 Å². The molecule has 1 atom stereocenters. The van der Waals surface area contributed by atoms with Crippen molar-refractivity contribution in [2.45, 2.75) is 26.3 Å². The van der Waals surface area contributed by atoms with Gasteiger partial charge in [-0.25, -0.2) is 0 Å². The van der Waals surface area contributed by atoms with Crippen molar-refractivity contribution in [3.63, 3.8) is 0 Å². The number of carbonyl (C=O) groups is 1. The van der Waals surface area contributed by atoms with E-state index in [9.17, 15) is 4.79 Å². The lowest BCUT2D eigenvalue weighted by molar-refractivity contribution is -0.122. The fraction of sp³-hybridized carbons (Fsp3) is 0.364. The van der Waals surface area contributed by atoms with Crippen LogP contribution >= 0.6 is 0 Å². The van der Waals surface area contributed by atoms with E-state index in [1.54, 1.807) is 4.90 Å². The second kappa shape index (κ2) is 10.3. The minimum atomic E-state index is -0.315. The number of anilines is 1. The number of nitrogens with zero attached hydrogens (tertiary/aromatic N) is 3. The molecule has 2 aromatic rings. The number of carbonyl (C=O) groups excluding carboxylic acids is 1. The molecule has 0 spiro atoms. The molecule has 0 heterocycles. The maximum absolute atomic E-state index is 13.0. The monoisotopic (exact) mass is 365 g/mol. The van der Waals surface area contributed by atoms with Crippen LogP contribution in [0.2, 0.25) is 0 Å². The summed E-state index contributed by atoms with van der Waals surface area (Å²) >= 11 is 0. The van der Waals surface area contributed by atoms with Gasteiger partial charge in [0.1, 0.15) is 12.4 Å². The van der Waals surface area contributed by atoms with Crippen molar-refractivity contribution in [1.82, 2.24) is 4.90 Å². The van der Waals surface area contributed by atoms with Gasteiger partial charge in [0, 0.05) is 18.8 Å². The Morgan fingerprint density at radius 1 is 1.11 bits per heavy atom. The van der Waals surface area contributed by atoms with Gasteiger partial charge >= 0.3 is 0 Å². The van der Waals surface area contributed by atoms with Crippen molar-refractivity contribution in [2.24, 2.45) is 0 Å². The molecule has 0 N–H and O–H groups in total. The molecule has 5 heteroatoms. The van der Waals surface area contributed by atoms with E-state index in [1.165, 1.54) is 0 Å². The number of aryl methyl sites for hydroxylation is 1. The third-order valence-electron chi connectivity index (χ3n) is 4.59. The molecule has 0 bridgehead atoms. The van der Waals surface area contributed by atoms with Crippen LogP contribution in [0.25, 0.3) is 0 Å². The SMILES string of the molecule is Cc1ccccc1OCCN(C)C(C)C(=O)N(CCC#N)c1ccccc1. The number of para-hydroxylation sites is 2. The molecule has 0 aliphatic heterocycles. The standard InChI is InChI=1S/C22H27N3O2/c1-18-10-7-8-13-21(18)27-17-16-24(3)19(2)22(26)25(15-9-14-23)20-11-5-4-6-12-20/h4-8,10-13,19H,9,15-17H2,1-3H3. The van der Waals surface area contributed by atoms with Crippen molar-refractivity contribution >= 4 is 11.6 Å². The summed E-state index contributed by atoms with van der Waals surface area (Å²) in [5.74, 6) is 0.847. The van der Waals surface area contributed by atoms with Gasteiger partial charge in [-0.05, 0) is 44.7 Å². The molecule has 0 saturated heterocycles. The fourth-order valence-corrected chi connectivity index (χ4v) is 2.76. The number of hydrogen-bond donors (Lipinski definition) is 0. The van der Waals surface area contributed by atoms with Crippen LogP contribution in [0.1, 0.15) is 18.9 Å². The summed E-state index contributed by atoms with van der Waals surface area (Å²) in [7, 11) is 1.91. The van der Waals surface area contributed by atoms with E-state index >= 15 is 0 Å². The zero-order chi connectivity index (χ0) is 19.6. The van der Waals surface area contributed by atoms with Crippen LogP contribution in [0.5, 0.6) is 5.75 Å². The molecule has 27 heavy (non-hydrogen) atoms. The molecule has 1 amide bonds. The highest BCUT2D eigenvalue weighted by Gasteiger charge is 2.24. The first-order chi connectivity index (χ1) is 13.0. The average Bonchev–Trinajstić information content (AvgIpc) is 2.69. The topological polar surface area (TPSA) is 56.6 Å². The largest absolute Gasteiger partial charge is 0.492 e. The molecule has 0 fully saturated rings. The van der Waals surface area contributed by atoms with Gasteiger partial charge in [-0.2, -0.15) is 5.26 Å². The molecule has 142 valence electrons. The fourth-order valence-electron chi connectivity index (χ4n) is 2.76. The highest BCUT2D eigenvalue weighted by atomic mass is 16.5. The van der Waals surface area contributed by atoms with Crippen LogP contribution in [0.15, 0.2) is 54.6 Å². The predicted octanol–water partition coefficient (Wildman–Crippen LogP) is 3.64. The van der Waals surface area contributed by atoms with Crippen LogP contribution in [0.3, 0.4) is 0 Å². The summed E-state index contributed by atoms with van der Waals surface area (Å²) in [6, 6.07) is 19.2. The highest BCUT2D eigenvalue weighted by molar-refractivity contribution is 5.96. The van der Waals surface area contributed by atoms with Gasteiger partial charge in [-0.15, -0.1) is 0 Å². The minimum Gasteiger partial charge on any atom is -0.492 e. The quantitative estimate of drug-likeness (QED) is 0.681. The summed E-state index contributed by atoms with van der Waals surface area (Å²) < 4.78 is 5.84. The molecular formula is C22H27N3O2. The Kier molecular flexibility index (Phi) is 7.84. The van der Waals surface area contributed by atoms with Crippen LogP contribution in [-0.2, 0) is 4.79 Å². The first-order valence-corrected chi connectivity index (χ1v) is 9.16. The van der Waals surface area contributed by atoms with E-state index in [1.807, 2.05) is 80.4 Å². The number of amides is 1. The van der Waals surface area contributed by atoms with Crippen molar-refractivity contribution < 1.29 is 9.53 Å². The van der Waals surface area contributed by atoms with Gasteiger partial charge in [0.25, 0.3) is 0 Å². The Labute approximate surface area is 161 Å². The average molecular weight is 365 g/mol. The second-order valence-electron chi connectivity index (χ2n) is 6.50.